The van der Waals surface area contributed by atoms with Crippen LogP contribution in [0.4, 0.5) is 0 Å². The summed E-state index contributed by atoms with van der Waals surface area (Å²) in [4.78, 5) is 48.4. The largest absolute Gasteiger partial charge is 0.472 e. The van der Waals surface area contributed by atoms with E-state index in [0.717, 1.165) is 154 Å². The molecule has 12 heteroatoms. The molecule has 0 saturated carbocycles. The molecule has 3 atom stereocenters. The van der Waals surface area contributed by atoms with Crippen molar-refractivity contribution >= 4 is 25.7 Å². The van der Waals surface area contributed by atoms with E-state index in [0.29, 0.717) is 19.3 Å². The third kappa shape index (κ3) is 49.4. The van der Waals surface area contributed by atoms with E-state index < -0.39 is 57.8 Å². The summed E-state index contributed by atoms with van der Waals surface area (Å²) in [6, 6.07) is 0. The van der Waals surface area contributed by atoms with Gasteiger partial charge in [-0.2, -0.15) is 0 Å². The molecule has 0 aliphatic carbocycles. The Kier molecular flexibility index (Phi) is 49.1. The first-order valence-corrected chi connectivity index (χ1v) is 28.6. The van der Waals surface area contributed by atoms with E-state index in [-0.39, 0.29) is 25.9 Å². The molecule has 70 heavy (non-hydrogen) atoms. The van der Waals surface area contributed by atoms with Gasteiger partial charge >= 0.3 is 25.7 Å². The summed E-state index contributed by atoms with van der Waals surface area (Å²) in [6.07, 6.45) is 59.4. The van der Waals surface area contributed by atoms with Gasteiger partial charge in [0, 0.05) is 19.3 Å². The fraction of sp³-hybridized carbons (Fsp3) is 0.672. The number of aliphatic hydroxyl groups excluding tert-OH is 1. The molecule has 0 amide bonds. The molecule has 2 N–H and O–H groups in total. The van der Waals surface area contributed by atoms with Gasteiger partial charge in [-0.3, -0.25) is 23.4 Å². The highest BCUT2D eigenvalue weighted by atomic mass is 31.2. The zero-order chi connectivity index (χ0) is 51.3. The van der Waals surface area contributed by atoms with Crippen LogP contribution in [0, 0.1) is 0 Å². The number of carbonyl (C=O) groups excluding carboxylic acids is 3. The molecular formula is C58H97O11P. The van der Waals surface area contributed by atoms with Gasteiger partial charge in [0.1, 0.15) is 12.7 Å². The van der Waals surface area contributed by atoms with Crippen LogP contribution in [0.1, 0.15) is 213 Å². The van der Waals surface area contributed by atoms with Crippen LogP contribution in [0.2, 0.25) is 0 Å². The number of aliphatic hydroxyl groups is 1. The molecule has 0 spiro atoms. The molecule has 0 heterocycles. The van der Waals surface area contributed by atoms with Crippen molar-refractivity contribution in [2.45, 2.75) is 226 Å². The van der Waals surface area contributed by atoms with Crippen molar-refractivity contribution in [1.29, 1.82) is 0 Å². The molecule has 0 radical (unpaired) electrons. The van der Waals surface area contributed by atoms with E-state index in [1.807, 2.05) is 0 Å². The van der Waals surface area contributed by atoms with Crippen LogP contribution in [0.5, 0.6) is 0 Å². The Morgan fingerprint density at radius 2 is 0.743 bits per heavy atom. The molecule has 0 rings (SSSR count). The van der Waals surface area contributed by atoms with Gasteiger partial charge in [0.15, 0.2) is 6.10 Å². The van der Waals surface area contributed by atoms with Crippen molar-refractivity contribution < 1.29 is 52.2 Å². The smallest absolute Gasteiger partial charge is 0.462 e. The van der Waals surface area contributed by atoms with E-state index in [1.165, 1.54) is 0 Å². The molecule has 11 nitrogen and oxygen atoms in total. The van der Waals surface area contributed by atoms with Gasteiger partial charge in [0.05, 0.1) is 19.8 Å². The van der Waals surface area contributed by atoms with Gasteiger partial charge in [-0.1, -0.05) is 182 Å². The SMILES string of the molecule is CC/C=C\C/C=C\C/C=C\CCCCCCCC(=O)OC(CO)COP(=O)(O)OCC(COC(=O)CCCCCCC/C=C\C/C=C\CCC)OC(=O)CCCCCCC/C=C\C/C=C\C/C=C\CC. The second kappa shape index (κ2) is 51.7. The van der Waals surface area contributed by atoms with Crippen molar-refractivity contribution in [1.82, 2.24) is 0 Å². The van der Waals surface area contributed by atoms with E-state index in [9.17, 15) is 28.9 Å². The highest BCUT2D eigenvalue weighted by molar-refractivity contribution is 7.47. The quantitative estimate of drug-likeness (QED) is 0.0197. The van der Waals surface area contributed by atoms with Crippen LogP contribution in [-0.4, -0.2) is 66.5 Å². The number of phosphoric ester groups is 1. The van der Waals surface area contributed by atoms with Gasteiger partial charge in [-0.25, -0.2) is 4.57 Å². The van der Waals surface area contributed by atoms with Crippen LogP contribution in [0.15, 0.2) is 97.2 Å². The first-order valence-electron chi connectivity index (χ1n) is 27.1. The summed E-state index contributed by atoms with van der Waals surface area (Å²) in [6.45, 7) is 4.28. The Bertz CT molecular complexity index is 1540. The fourth-order valence-corrected chi connectivity index (χ4v) is 7.68. The van der Waals surface area contributed by atoms with Crippen molar-refractivity contribution in [2.75, 3.05) is 26.4 Å². The fourth-order valence-electron chi connectivity index (χ4n) is 6.89. The number of carbonyl (C=O) groups is 3. The van der Waals surface area contributed by atoms with Crippen molar-refractivity contribution in [2.24, 2.45) is 0 Å². The number of allylic oxidation sites excluding steroid dienone is 16. The summed E-state index contributed by atoms with van der Waals surface area (Å²) in [5, 5.41) is 9.79. The maximum Gasteiger partial charge on any atom is 0.472 e. The van der Waals surface area contributed by atoms with E-state index >= 15 is 0 Å². The Balaban J connectivity index is 4.79. The average molecular weight is 1000 g/mol. The maximum atomic E-state index is 12.9. The molecule has 0 aliphatic rings. The van der Waals surface area contributed by atoms with Crippen molar-refractivity contribution in [3.05, 3.63) is 97.2 Å². The molecule has 0 aliphatic heterocycles. The molecule has 0 aromatic heterocycles. The van der Waals surface area contributed by atoms with Gasteiger partial charge in [-0.15, -0.1) is 0 Å². The van der Waals surface area contributed by atoms with Crippen molar-refractivity contribution in [3.63, 3.8) is 0 Å². The molecule has 0 aromatic carbocycles. The summed E-state index contributed by atoms with van der Waals surface area (Å²) in [5.41, 5.74) is 0. The molecular weight excluding hydrogens is 904 g/mol. The summed E-state index contributed by atoms with van der Waals surface area (Å²) in [5.74, 6) is -1.53. The molecule has 0 fully saturated rings. The second-order valence-electron chi connectivity index (χ2n) is 17.6. The molecule has 3 unspecified atom stereocenters. The molecule has 400 valence electrons. The molecule has 0 saturated heterocycles. The monoisotopic (exact) mass is 1000 g/mol. The third-order valence-corrected chi connectivity index (χ3v) is 11.9. The predicted molar refractivity (Wildman–Crippen MR) is 288 cm³/mol. The van der Waals surface area contributed by atoms with Gasteiger partial charge in [0.2, 0.25) is 0 Å². The van der Waals surface area contributed by atoms with Gasteiger partial charge in [-0.05, 0) is 109 Å². The highest BCUT2D eigenvalue weighted by Crippen LogP contribution is 2.43. The van der Waals surface area contributed by atoms with E-state index in [2.05, 4.69) is 118 Å². The lowest BCUT2D eigenvalue weighted by atomic mass is 10.1. The van der Waals surface area contributed by atoms with Crippen LogP contribution in [0.3, 0.4) is 0 Å². The lowest BCUT2D eigenvalue weighted by Gasteiger charge is -2.21. The normalized spacial score (nSPS) is 14.2. The number of rotatable bonds is 49. The standard InChI is InChI=1S/C58H97O11P/c1-4-7-10-13-16-19-22-25-27-30-33-36-39-42-45-48-57(61)68-54(50-59)52-66-70(63,64)67-53-55(51-65-56(60)47-44-41-38-35-32-29-24-21-18-15-12-9-6-3)69-58(62)49-46-43-40-37-34-31-28-26-23-20-17-14-11-8-5-2/h7-8,10-12,15-17,19-21,24-28,54-55,59H,4-6,9,13-14,18,22-23,29-53H2,1-3H3,(H,63,64)/b10-7-,11-8-,15-12-,19-16-,20-17-,24-21-,27-25-,28-26-. The second-order valence-corrected chi connectivity index (χ2v) is 19.1. The van der Waals surface area contributed by atoms with Crippen LogP contribution < -0.4 is 0 Å². The topological polar surface area (TPSA) is 155 Å². The van der Waals surface area contributed by atoms with E-state index in [1.54, 1.807) is 0 Å². The van der Waals surface area contributed by atoms with E-state index in [4.69, 9.17) is 23.3 Å². The minimum atomic E-state index is -4.76. The minimum absolute atomic E-state index is 0.139. The molecule has 0 aromatic rings. The first kappa shape index (κ1) is 66.4. The summed E-state index contributed by atoms with van der Waals surface area (Å²) in [7, 11) is -4.76. The van der Waals surface area contributed by atoms with Crippen LogP contribution in [-0.2, 0) is 42.2 Å². The van der Waals surface area contributed by atoms with Crippen LogP contribution in [0.25, 0.3) is 0 Å². The lowest BCUT2D eigenvalue weighted by molar-refractivity contribution is -0.161. The number of esters is 3. The predicted octanol–water partition coefficient (Wildman–Crippen LogP) is 15.7. The van der Waals surface area contributed by atoms with Gasteiger partial charge in [0.25, 0.3) is 0 Å². The average Bonchev–Trinajstić information content (AvgIpc) is 3.35. The Hall–Kier alpha value is -3.60. The van der Waals surface area contributed by atoms with Gasteiger partial charge < -0.3 is 24.2 Å². The first-order chi connectivity index (χ1) is 34.2. The zero-order valence-corrected chi connectivity index (χ0v) is 44.8. The molecule has 0 bridgehead atoms. The highest BCUT2D eigenvalue weighted by Gasteiger charge is 2.28. The minimum Gasteiger partial charge on any atom is -0.462 e. The number of hydrogen-bond donors (Lipinski definition) is 2. The third-order valence-electron chi connectivity index (χ3n) is 11.0. The van der Waals surface area contributed by atoms with Crippen molar-refractivity contribution in [3.8, 4) is 0 Å². The number of unbranched alkanes of at least 4 members (excludes halogenated alkanes) is 16. The Morgan fingerprint density at radius 1 is 0.414 bits per heavy atom. The maximum absolute atomic E-state index is 12.9. The number of ether oxygens (including phenoxy) is 3. The Morgan fingerprint density at radius 3 is 1.14 bits per heavy atom. The lowest BCUT2D eigenvalue weighted by Crippen LogP contribution is -2.30. The van der Waals surface area contributed by atoms with Crippen LogP contribution >= 0.6 is 7.82 Å². The number of hydrogen-bond acceptors (Lipinski definition) is 10. The summed E-state index contributed by atoms with van der Waals surface area (Å²) < 4.78 is 39.4. The summed E-state index contributed by atoms with van der Waals surface area (Å²) >= 11 is 0. The Labute approximate surface area is 425 Å². The zero-order valence-electron chi connectivity index (χ0n) is 43.9. The number of phosphoric acid groups is 1.